The van der Waals surface area contributed by atoms with Gasteiger partial charge in [0, 0.05) is 16.7 Å². The highest BCUT2D eigenvalue weighted by atomic mass is 35.5. The molecule has 3 saturated carbocycles. The minimum atomic E-state index is 0.0307. The molecule has 3 rings (SSSR count). The third-order valence-electron chi connectivity index (χ3n) is 3.37. The van der Waals surface area contributed by atoms with E-state index in [4.69, 9.17) is 11.6 Å². The summed E-state index contributed by atoms with van der Waals surface area (Å²) >= 11 is 6.10. The Kier molecular flexibility index (Phi) is 2.03. The Hall–Kier alpha value is -0.300. The van der Waals surface area contributed by atoms with Gasteiger partial charge in [0.25, 0.3) is 0 Å². The maximum atomic E-state index is 11.7. The van der Waals surface area contributed by atoms with Gasteiger partial charge >= 0.3 is 0 Å². The molecule has 13 heavy (non-hydrogen) atoms. The lowest BCUT2D eigenvalue weighted by atomic mass is 9.42. The monoisotopic (exact) mass is 198 g/mol. The Balaban J connectivity index is 1.76. The second kappa shape index (κ2) is 2.84. The van der Waals surface area contributed by atoms with Gasteiger partial charge in [0.2, 0.25) is 0 Å². The topological polar surface area (TPSA) is 17.1 Å². The van der Waals surface area contributed by atoms with Crippen LogP contribution in [0.1, 0.15) is 38.5 Å². The molecule has 0 spiro atoms. The van der Waals surface area contributed by atoms with Gasteiger partial charge in [-0.3, -0.25) is 4.79 Å². The van der Waals surface area contributed by atoms with Crippen LogP contribution in [0.2, 0.25) is 0 Å². The second-order valence-corrected chi connectivity index (χ2v) is 5.37. The zero-order valence-electron chi connectivity index (χ0n) is 7.81. The SMILES string of the molecule is C=CCCCC(=O)C12CC(Cl)(C1)C2. The van der Waals surface area contributed by atoms with Crippen molar-refractivity contribution in [3.05, 3.63) is 12.7 Å². The van der Waals surface area contributed by atoms with Crippen LogP contribution < -0.4 is 0 Å². The number of carbonyl (C=O) groups is 1. The van der Waals surface area contributed by atoms with Crippen molar-refractivity contribution in [2.75, 3.05) is 0 Å². The van der Waals surface area contributed by atoms with E-state index in [2.05, 4.69) is 6.58 Å². The molecule has 3 fully saturated rings. The standard InChI is InChI=1S/C11H15ClO/c1-2-3-4-5-9(13)10-6-11(12,7-10)8-10/h2H,1,3-8H2. The smallest absolute Gasteiger partial charge is 0.139 e. The quantitative estimate of drug-likeness (QED) is 0.377. The second-order valence-electron chi connectivity index (χ2n) is 4.57. The van der Waals surface area contributed by atoms with Crippen LogP contribution in [0.25, 0.3) is 0 Å². The minimum absolute atomic E-state index is 0.0307. The van der Waals surface area contributed by atoms with Crippen LogP contribution in [-0.4, -0.2) is 10.7 Å². The molecule has 1 nitrogen and oxygen atoms in total. The third-order valence-corrected chi connectivity index (χ3v) is 3.77. The average Bonchev–Trinajstić information content (AvgIpc) is 1.97. The molecule has 0 N–H and O–H groups in total. The largest absolute Gasteiger partial charge is 0.299 e. The normalized spacial score (nSPS) is 40.4. The highest BCUT2D eigenvalue weighted by Gasteiger charge is 2.70. The van der Waals surface area contributed by atoms with Crippen LogP contribution in [0, 0.1) is 5.41 Å². The summed E-state index contributed by atoms with van der Waals surface area (Å²) in [5.74, 6) is 0.442. The summed E-state index contributed by atoms with van der Waals surface area (Å²) in [7, 11) is 0. The van der Waals surface area contributed by atoms with Gasteiger partial charge in [-0.1, -0.05) is 6.08 Å². The highest BCUT2D eigenvalue weighted by Crippen LogP contribution is 2.71. The van der Waals surface area contributed by atoms with Crippen molar-refractivity contribution in [1.29, 1.82) is 0 Å². The predicted octanol–water partition coefficient (Wildman–Crippen LogP) is 3.07. The number of hydrogen-bond donors (Lipinski definition) is 0. The number of unbranched alkanes of at least 4 members (excludes halogenated alkanes) is 1. The van der Waals surface area contributed by atoms with Gasteiger partial charge < -0.3 is 0 Å². The number of Topliss-reactive ketones (excluding diaryl/α,β-unsaturated/α-hetero) is 1. The van der Waals surface area contributed by atoms with Crippen LogP contribution >= 0.6 is 11.6 Å². The molecular formula is C11H15ClO. The van der Waals surface area contributed by atoms with E-state index >= 15 is 0 Å². The number of alkyl halides is 1. The van der Waals surface area contributed by atoms with Crippen LogP contribution in [0.3, 0.4) is 0 Å². The average molecular weight is 199 g/mol. The fourth-order valence-electron chi connectivity index (χ4n) is 2.63. The lowest BCUT2D eigenvalue weighted by Crippen LogP contribution is -2.67. The van der Waals surface area contributed by atoms with Crippen molar-refractivity contribution in [2.24, 2.45) is 5.41 Å². The fourth-order valence-corrected chi connectivity index (χ4v) is 3.40. The minimum Gasteiger partial charge on any atom is -0.299 e. The molecule has 0 atom stereocenters. The molecule has 3 aliphatic carbocycles. The van der Waals surface area contributed by atoms with Crippen molar-refractivity contribution in [2.45, 2.75) is 43.4 Å². The number of ketones is 1. The number of carbonyl (C=O) groups excluding carboxylic acids is 1. The molecule has 0 saturated heterocycles. The maximum Gasteiger partial charge on any atom is 0.139 e. The van der Waals surface area contributed by atoms with Gasteiger partial charge in [-0.15, -0.1) is 18.2 Å². The van der Waals surface area contributed by atoms with Crippen LogP contribution in [-0.2, 0) is 4.79 Å². The molecule has 0 amide bonds. The summed E-state index contributed by atoms with van der Waals surface area (Å²) < 4.78 is 0. The molecule has 2 heteroatoms. The van der Waals surface area contributed by atoms with Crippen molar-refractivity contribution in [3.8, 4) is 0 Å². The molecule has 72 valence electrons. The van der Waals surface area contributed by atoms with Gasteiger partial charge in [0.05, 0.1) is 0 Å². The molecule has 0 radical (unpaired) electrons. The van der Waals surface area contributed by atoms with E-state index in [9.17, 15) is 4.79 Å². The number of rotatable bonds is 5. The molecular weight excluding hydrogens is 184 g/mol. The van der Waals surface area contributed by atoms with Gasteiger partial charge in [-0.2, -0.15) is 0 Å². The maximum absolute atomic E-state index is 11.7. The molecule has 0 aliphatic heterocycles. The summed E-state index contributed by atoms with van der Waals surface area (Å²) in [6.07, 6.45) is 7.32. The molecule has 0 heterocycles. The zero-order valence-corrected chi connectivity index (χ0v) is 8.57. The van der Waals surface area contributed by atoms with Crippen LogP contribution in [0.4, 0.5) is 0 Å². The van der Waals surface area contributed by atoms with Gasteiger partial charge in [0.15, 0.2) is 0 Å². The van der Waals surface area contributed by atoms with Crippen molar-refractivity contribution in [3.63, 3.8) is 0 Å². The summed E-state index contributed by atoms with van der Waals surface area (Å²) in [5.41, 5.74) is 0.0307. The van der Waals surface area contributed by atoms with Crippen LogP contribution in [0.15, 0.2) is 12.7 Å². The molecule has 2 bridgehead atoms. The first kappa shape index (κ1) is 9.26. The highest BCUT2D eigenvalue weighted by molar-refractivity contribution is 6.27. The lowest BCUT2D eigenvalue weighted by Gasteiger charge is -2.66. The summed E-state index contributed by atoms with van der Waals surface area (Å²) in [5, 5.41) is 0. The van der Waals surface area contributed by atoms with E-state index in [1.54, 1.807) is 0 Å². The Morgan fingerprint density at radius 1 is 1.46 bits per heavy atom. The first-order valence-electron chi connectivity index (χ1n) is 4.93. The molecule has 3 aliphatic rings. The van der Waals surface area contributed by atoms with Gasteiger partial charge in [-0.05, 0) is 32.1 Å². The number of allylic oxidation sites excluding steroid dienone is 1. The predicted molar refractivity (Wildman–Crippen MR) is 53.9 cm³/mol. The summed E-state index contributed by atoms with van der Waals surface area (Å²) in [6, 6.07) is 0. The number of halogens is 1. The Labute approximate surface area is 84.2 Å². The molecule has 0 aromatic carbocycles. The van der Waals surface area contributed by atoms with Crippen molar-refractivity contribution < 1.29 is 4.79 Å². The van der Waals surface area contributed by atoms with Crippen LogP contribution in [0.5, 0.6) is 0 Å². The molecule has 0 aromatic heterocycles. The van der Waals surface area contributed by atoms with E-state index in [-0.39, 0.29) is 10.3 Å². The Morgan fingerprint density at radius 3 is 2.54 bits per heavy atom. The van der Waals surface area contributed by atoms with Gasteiger partial charge in [0.1, 0.15) is 5.78 Å². The van der Waals surface area contributed by atoms with E-state index in [1.807, 2.05) is 6.08 Å². The first-order chi connectivity index (χ1) is 6.10. The first-order valence-corrected chi connectivity index (χ1v) is 5.31. The lowest BCUT2D eigenvalue weighted by molar-refractivity contribution is -0.156. The van der Waals surface area contributed by atoms with Crippen molar-refractivity contribution in [1.82, 2.24) is 0 Å². The Morgan fingerprint density at radius 2 is 2.08 bits per heavy atom. The summed E-state index contributed by atoms with van der Waals surface area (Å²) in [4.78, 5) is 11.7. The molecule has 0 unspecified atom stereocenters. The zero-order chi connectivity index (χ0) is 9.53. The van der Waals surface area contributed by atoms with E-state index in [1.165, 1.54) is 0 Å². The Bertz CT molecular complexity index is 237. The fraction of sp³-hybridized carbons (Fsp3) is 0.727. The van der Waals surface area contributed by atoms with Gasteiger partial charge in [-0.25, -0.2) is 0 Å². The molecule has 0 aromatic rings. The number of hydrogen-bond acceptors (Lipinski definition) is 1. The third kappa shape index (κ3) is 1.34. The van der Waals surface area contributed by atoms with E-state index in [0.717, 1.165) is 38.5 Å². The van der Waals surface area contributed by atoms with E-state index < -0.39 is 0 Å². The van der Waals surface area contributed by atoms with Crippen molar-refractivity contribution >= 4 is 17.4 Å². The van der Waals surface area contributed by atoms with E-state index in [0.29, 0.717) is 5.78 Å². The summed E-state index contributed by atoms with van der Waals surface area (Å²) in [6.45, 7) is 3.64.